The summed E-state index contributed by atoms with van der Waals surface area (Å²) in [4.78, 5) is 5.14. The molecular formula is C49H31N3O. The van der Waals surface area contributed by atoms with Crippen molar-refractivity contribution >= 4 is 54.8 Å². The van der Waals surface area contributed by atoms with Gasteiger partial charge in [-0.3, -0.25) is 4.57 Å². The van der Waals surface area contributed by atoms with Gasteiger partial charge >= 0.3 is 0 Å². The van der Waals surface area contributed by atoms with Crippen molar-refractivity contribution in [1.29, 1.82) is 0 Å². The Morgan fingerprint density at radius 1 is 0.377 bits per heavy atom. The molecule has 0 aliphatic rings. The highest BCUT2D eigenvalue weighted by Crippen LogP contribution is 2.41. The van der Waals surface area contributed by atoms with Gasteiger partial charge in [0, 0.05) is 38.5 Å². The molecule has 0 saturated carbocycles. The molecule has 0 unspecified atom stereocenters. The monoisotopic (exact) mass is 677 g/mol. The summed E-state index contributed by atoms with van der Waals surface area (Å²) in [5.74, 6) is 0.921. The van der Waals surface area contributed by atoms with Gasteiger partial charge in [-0.25, -0.2) is 4.98 Å². The standard InChI is InChI=1S/C49H31N3O/c1-4-13-32(14-5-1)49-50-42-26-23-35(31-45(42)52(49)37-17-8-3-9-18-37)38-20-12-22-47-48(38)41-30-34(25-28-46(41)53-47)33-24-27-44-40(29-33)39-19-10-11-21-43(39)51(44)36-15-6-2-7-16-36/h1-31H. The van der Waals surface area contributed by atoms with Gasteiger partial charge < -0.3 is 8.98 Å². The van der Waals surface area contributed by atoms with Gasteiger partial charge in [0.05, 0.1) is 22.1 Å². The minimum Gasteiger partial charge on any atom is -0.456 e. The van der Waals surface area contributed by atoms with Crippen molar-refractivity contribution < 1.29 is 4.42 Å². The van der Waals surface area contributed by atoms with Crippen molar-refractivity contribution in [2.45, 2.75) is 0 Å². The van der Waals surface area contributed by atoms with E-state index in [2.05, 4.69) is 191 Å². The summed E-state index contributed by atoms with van der Waals surface area (Å²) in [6.07, 6.45) is 0. The van der Waals surface area contributed by atoms with Crippen LogP contribution in [0.2, 0.25) is 0 Å². The number of hydrogen-bond acceptors (Lipinski definition) is 2. The maximum Gasteiger partial charge on any atom is 0.145 e. The molecule has 11 rings (SSSR count). The summed E-state index contributed by atoms with van der Waals surface area (Å²) in [5.41, 5.74) is 14.0. The molecule has 0 atom stereocenters. The molecule has 8 aromatic carbocycles. The van der Waals surface area contributed by atoms with Crippen molar-refractivity contribution in [1.82, 2.24) is 14.1 Å². The smallest absolute Gasteiger partial charge is 0.145 e. The Labute approximate surface area is 305 Å². The van der Waals surface area contributed by atoms with E-state index in [0.717, 1.165) is 72.4 Å². The van der Waals surface area contributed by atoms with E-state index in [1.807, 2.05) is 6.07 Å². The molecule has 0 saturated heterocycles. The highest BCUT2D eigenvalue weighted by atomic mass is 16.3. The van der Waals surface area contributed by atoms with E-state index in [9.17, 15) is 0 Å². The van der Waals surface area contributed by atoms with Crippen molar-refractivity contribution in [3.63, 3.8) is 0 Å². The molecule has 0 amide bonds. The minimum atomic E-state index is 0.873. The highest BCUT2D eigenvalue weighted by molar-refractivity contribution is 6.14. The lowest BCUT2D eigenvalue weighted by atomic mass is 9.96. The molecule has 0 aliphatic heterocycles. The molecule has 4 nitrogen and oxygen atoms in total. The van der Waals surface area contributed by atoms with Crippen LogP contribution in [-0.4, -0.2) is 14.1 Å². The molecule has 3 heterocycles. The largest absolute Gasteiger partial charge is 0.456 e. The van der Waals surface area contributed by atoms with Crippen LogP contribution in [0.5, 0.6) is 0 Å². The van der Waals surface area contributed by atoms with E-state index in [1.54, 1.807) is 0 Å². The number of furan rings is 1. The van der Waals surface area contributed by atoms with Crippen molar-refractivity contribution in [2.75, 3.05) is 0 Å². The first-order valence-corrected chi connectivity index (χ1v) is 18.0. The second-order valence-electron chi connectivity index (χ2n) is 13.6. The van der Waals surface area contributed by atoms with Crippen molar-refractivity contribution in [2.24, 2.45) is 0 Å². The van der Waals surface area contributed by atoms with Crippen LogP contribution in [0.25, 0.3) is 99.8 Å². The van der Waals surface area contributed by atoms with E-state index in [0.29, 0.717) is 0 Å². The molecule has 11 aromatic rings. The first-order chi connectivity index (χ1) is 26.3. The lowest BCUT2D eigenvalue weighted by Crippen LogP contribution is -1.97. The average Bonchev–Trinajstić information content (AvgIpc) is 3.91. The fraction of sp³-hybridized carbons (Fsp3) is 0. The molecule has 3 aromatic heterocycles. The van der Waals surface area contributed by atoms with Gasteiger partial charge in [-0.1, -0.05) is 115 Å². The van der Waals surface area contributed by atoms with Crippen LogP contribution in [0.4, 0.5) is 0 Å². The minimum absolute atomic E-state index is 0.873. The van der Waals surface area contributed by atoms with Crippen LogP contribution in [0.3, 0.4) is 0 Å². The van der Waals surface area contributed by atoms with E-state index in [4.69, 9.17) is 9.40 Å². The summed E-state index contributed by atoms with van der Waals surface area (Å²) in [7, 11) is 0. The van der Waals surface area contributed by atoms with Crippen LogP contribution in [0.1, 0.15) is 0 Å². The summed E-state index contributed by atoms with van der Waals surface area (Å²) >= 11 is 0. The number of imidazole rings is 1. The molecule has 0 fully saturated rings. The number of fused-ring (bicyclic) bond motifs is 7. The third-order valence-corrected chi connectivity index (χ3v) is 10.5. The first-order valence-electron chi connectivity index (χ1n) is 18.0. The molecule has 0 bridgehead atoms. The fourth-order valence-corrected chi connectivity index (χ4v) is 8.12. The van der Waals surface area contributed by atoms with Crippen molar-refractivity contribution in [3.8, 4) is 45.0 Å². The maximum atomic E-state index is 6.51. The number of aromatic nitrogens is 3. The second-order valence-corrected chi connectivity index (χ2v) is 13.6. The molecule has 0 radical (unpaired) electrons. The van der Waals surface area contributed by atoms with Gasteiger partial charge in [0.2, 0.25) is 0 Å². The van der Waals surface area contributed by atoms with E-state index in [-0.39, 0.29) is 0 Å². The zero-order valence-corrected chi connectivity index (χ0v) is 28.6. The predicted molar refractivity (Wildman–Crippen MR) is 219 cm³/mol. The molecule has 0 aliphatic carbocycles. The molecule has 0 spiro atoms. The predicted octanol–water partition coefficient (Wildman–Crippen LogP) is 13.0. The van der Waals surface area contributed by atoms with Crippen LogP contribution >= 0.6 is 0 Å². The number of benzene rings is 8. The molecule has 0 N–H and O–H groups in total. The van der Waals surface area contributed by atoms with Crippen LogP contribution in [0.15, 0.2) is 192 Å². The summed E-state index contributed by atoms with van der Waals surface area (Å²) in [6.45, 7) is 0. The van der Waals surface area contributed by atoms with Gasteiger partial charge in [-0.2, -0.15) is 0 Å². The number of para-hydroxylation sites is 3. The van der Waals surface area contributed by atoms with Gasteiger partial charge in [0.15, 0.2) is 0 Å². The fourth-order valence-electron chi connectivity index (χ4n) is 8.12. The Bertz CT molecular complexity index is 3150. The average molecular weight is 678 g/mol. The zero-order chi connectivity index (χ0) is 34.9. The number of rotatable bonds is 5. The second kappa shape index (κ2) is 11.7. The SMILES string of the molecule is c1ccc(-c2nc3ccc(-c4cccc5oc6ccc(-c7ccc8c(c7)c7ccccc7n8-c7ccccc7)cc6c45)cc3n2-c2ccccc2)cc1. The van der Waals surface area contributed by atoms with E-state index >= 15 is 0 Å². The Morgan fingerprint density at radius 2 is 1.02 bits per heavy atom. The third kappa shape index (κ3) is 4.66. The molecule has 53 heavy (non-hydrogen) atoms. The van der Waals surface area contributed by atoms with Gasteiger partial charge in [-0.05, 0) is 95.1 Å². The Balaban J connectivity index is 1.09. The maximum absolute atomic E-state index is 6.51. The Kier molecular flexibility index (Phi) is 6.52. The summed E-state index contributed by atoms with van der Waals surface area (Å²) in [6, 6.07) is 66.6. The van der Waals surface area contributed by atoms with Crippen LogP contribution in [-0.2, 0) is 0 Å². The van der Waals surface area contributed by atoms with Crippen LogP contribution in [0, 0.1) is 0 Å². The van der Waals surface area contributed by atoms with Gasteiger partial charge in [0.25, 0.3) is 0 Å². The Hall–Kier alpha value is -7.17. The number of hydrogen-bond donors (Lipinski definition) is 0. The summed E-state index contributed by atoms with van der Waals surface area (Å²) < 4.78 is 11.1. The highest BCUT2D eigenvalue weighted by Gasteiger charge is 2.19. The first kappa shape index (κ1) is 29.5. The zero-order valence-electron chi connectivity index (χ0n) is 28.6. The lowest BCUT2D eigenvalue weighted by molar-refractivity contribution is 0.669. The lowest BCUT2D eigenvalue weighted by Gasteiger charge is -2.11. The summed E-state index contributed by atoms with van der Waals surface area (Å²) in [5, 5.41) is 4.69. The topological polar surface area (TPSA) is 35.9 Å². The Morgan fingerprint density at radius 3 is 1.81 bits per heavy atom. The van der Waals surface area contributed by atoms with Gasteiger partial charge in [0.1, 0.15) is 17.0 Å². The molecule has 4 heteroatoms. The normalized spacial score (nSPS) is 11.8. The van der Waals surface area contributed by atoms with E-state index < -0.39 is 0 Å². The van der Waals surface area contributed by atoms with Gasteiger partial charge in [-0.15, -0.1) is 0 Å². The quantitative estimate of drug-likeness (QED) is 0.182. The third-order valence-electron chi connectivity index (χ3n) is 10.5. The van der Waals surface area contributed by atoms with E-state index in [1.165, 1.54) is 27.4 Å². The molecular weight excluding hydrogens is 647 g/mol. The van der Waals surface area contributed by atoms with Crippen molar-refractivity contribution in [3.05, 3.63) is 188 Å². The molecule has 248 valence electrons. The van der Waals surface area contributed by atoms with Crippen LogP contribution < -0.4 is 0 Å². The number of nitrogens with zero attached hydrogens (tertiary/aromatic N) is 3.